The highest BCUT2D eigenvalue weighted by atomic mass is 16.1. The molecule has 10 heavy (non-hydrogen) atoms. The monoisotopic (exact) mass is 138 g/mol. The molecule has 2 rings (SSSR count). The summed E-state index contributed by atoms with van der Waals surface area (Å²) in [5.41, 5.74) is 0. The fraction of sp³-hybridized carbons (Fsp3) is 0.750. The Morgan fingerprint density at radius 3 is 1.50 bits per heavy atom. The van der Waals surface area contributed by atoms with E-state index in [0.29, 0.717) is 23.7 Å². The highest BCUT2D eigenvalue weighted by Gasteiger charge is 2.53. The predicted octanol–water partition coefficient (Wildman–Crippen LogP) is 0.656. The smallest absolute Gasteiger partial charge is 0.123 e. The second-order valence-electron chi connectivity index (χ2n) is 3.40. The summed E-state index contributed by atoms with van der Waals surface area (Å²) in [6, 6.07) is 0. The van der Waals surface area contributed by atoms with E-state index in [1.807, 2.05) is 0 Å². The summed E-state index contributed by atoms with van der Waals surface area (Å²) in [5, 5.41) is 0. The van der Waals surface area contributed by atoms with E-state index in [1.54, 1.807) is 0 Å². The van der Waals surface area contributed by atoms with Crippen molar-refractivity contribution in [2.75, 3.05) is 0 Å². The van der Waals surface area contributed by atoms with Gasteiger partial charge in [0.25, 0.3) is 0 Å². The molecule has 54 valence electrons. The van der Waals surface area contributed by atoms with Crippen molar-refractivity contribution in [3.63, 3.8) is 0 Å². The molecule has 0 amide bonds. The predicted molar refractivity (Wildman–Crippen MR) is 35.3 cm³/mol. The van der Waals surface area contributed by atoms with Gasteiger partial charge in [-0.2, -0.15) is 0 Å². The van der Waals surface area contributed by atoms with Crippen LogP contribution in [0.3, 0.4) is 0 Å². The zero-order valence-electron chi connectivity index (χ0n) is 5.69. The first kappa shape index (κ1) is 6.08. The van der Waals surface area contributed by atoms with Crippen molar-refractivity contribution in [3.05, 3.63) is 0 Å². The fourth-order valence-electron chi connectivity index (χ4n) is 1.77. The Morgan fingerprint density at radius 2 is 1.30 bits per heavy atom. The molecule has 0 unspecified atom stereocenters. The van der Waals surface area contributed by atoms with Gasteiger partial charge in [0, 0.05) is 11.8 Å². The lowest BCUT2D eigenvalue weighted by Gasteiger charge is -1.86. The van der Waals surface area contributed by atoms with Crippen LogP contribution in [0.5, 0.6) is 0 Å². The summed E-state index contributed by atoms with van der Waals surface area (Å²) >= 11 is 0. The van der Waals surface area contributed by atoms with E-state index in [-0.39, 0.29) is 0 Å². The van der Waals surface area contributed by atoms with Gasteiger partial charge in [-0.1, -0.05) is 0 Å². The molecule has 2 aliphatic rings. The molecule has 2 saturated carbocycles. The average Bonchev–Trinajstić information content (AvgIpc) is 2.83. The zero-order chi connectivity index (χ0) is 7.14. The number of hydrogen-bond acceptors (Lipinski definition) is 2. The van der Waals surface area contributed by atoms with E-state index in [9.17, 15) is 9.59 Å². The molecule has 4 atom stereocenters. The Hall–Kier alpha value is -0.660. The molecule has 0 spiro atoms. The third kappa shape index (κ3) is 0.789. The summed E-state index contributed by atoms with van der Waals surface area (Å²) in [5.74, 6) is 1.75. The first-order chi connectivity index (χ1) is 4.86. The lowest BCUT2D eigenvalue weighted by Crippen LogP contribution is -1.89. The molecule has 2 aliphatic carbocycles. The van der Waals surface area contributed by atoms with Gasteiger partial charge in [0.05, 0.1) is 0 Å². The van der Waals surface area contributed by atoms with E-state index in [2.05, 4.69) is 0 Å². The second-order valence-corrected chi connectivity index (χ2v) is 3.40. The Morgan fingerprint density at radius 1 is 0.900 bits per heavy atom. The molecule has 0 radical (unpaired) electrons. The van der Waals surface area contributed by atoms with Crippen LogP contribution >= 0.6 is 0 Å². The molecule has 0 aromatic carbocycles. The average molecular weight is 138 g/mol. The third-order valence-corrected chi connectivity index (χ3v) is 2.68. The Balaban J connectivity index is 1.84. The van der Waals surface area contributed by atoms with Crippen LogP contribution in [0.2, 0.25) is 0 Å². The van der Waals surface area contributed by atoms with Gasteiger partial charge in [-0.25, -0.2) is 0 Å². The summed E-state index contributed by atoms with van der Waals surface area (Å²) in [7, 11) is 0. The van der Waals surface area contributed by atoms with Crippen LogP contribution in [0.1, 0.15) is 12.8 Å². The van der Waals surface area contributed by atoms with Crippen LogP contribution in [0.15, 0.2) is 0 Å². The van der Waals surface area contributed by atoms with Crippen LogP contribution in [0, 0.1) is 23.7 Å². The topological polar surface area (TPSA) is 34.1 Å². The van der Waals surface area contributed by atoms with Crippen molar-refractivity contribution in [2.24, 2.45) is 23.7 Å². The number of carbonyl (C=O) groups excluding carboxylic acids is 2. The maximum Gasteiger partial charge on any atom is 0.123 e. The standard InChI is InChI=1S/C8H10O2/c9-3-5-1-7(5)8-2-6(8)4-10/h3-8H,1-2H2/t5-,6-,7+,8+/m1/s1. The van der Waals surface area contributed by atoms with E-state index >= 15 is 0 Å². The van der Waals surface area contributed by atoms with Crippen molar-refractivity contribution < 1.29 is 9.59 Å². The van der Waals surface area contributed by atoms with E-state index in [0.717, 1.165) is 25.4 Å². The first-order valence-corrected chi connectivity index (χ1v) is 3.77. The Kier molecular flexibility index (Phi) is 1.16. The molecule has 0 heterocycles. The zero-order valence-corrected chi connectivity index (χ0v) is 5.69. The normalized spacial score (nSPS) is 50.0. The van der Waals surface area contributed by atoms with Gasteiger partial charge >= 0.3 is 0 Å². The Labute approximate surface area is 59.6 Å². The van der Waals surface area contributed by atoms with Gasteiger partial charge in [-0.3, -0.25) is 0 Å². The van der Waals surface area contributed by atoms with Gasteiger partial charge < -0.3 is 9.59 Å². The maximum absolute atomic E-state index is 10.2. The molecule has 2 fully saturated rings. The van der Waals surface area contributed by atoms with Crippen LogP contribution < -0.4 is 0 Å². The maximum atomic E-state index is 10.2. The van der Waals surface area contributed by atoms with Gasteiger partial charge in [-0.05, 0) is 24.7 Å². The molecule has 0 aliphatic heterocycles. The van der Waals surface area contributed by atoms with Gasteiger partial charge in [0.2, 0.25) is 0 Å². The number of aldehydes is 2. The molecular weight excluding hydrogens is 128 g/mol. The third-order valence-electron chi connectivity index (χ3n) is 2.68. The number of rotatable bonds is 3. The summed E-state index contributed by atoms with van der Waals surface area (Å²) in [6.07, 6.45) is 4.15. The highest BCUT2D eigenvalue weighted by Crippen LogP contribution is 2.56. The van der Waals surface area contributed by atoms with Gasteiger partial charge in [0.15, 0.2) is 0 Å². The molecule has 2 heteroatoms. The molecule has 2 nitrogen and oxygen atoms in total. The molecule has 0 N–H and O–H groups in total. The van der Waals surface area contributed by atoms with Gasteiger partial charge in [0.1, 0.15) is 12.6 Å². The highest BCUT2D eigenvalue weighted by molar-refractivity contribution is 5.62. The number of carbonyl (C=O) groups is 2. The number of hydrogen-bond donors (Lipinski definition) is 0. The van der Waals surface area contributed by atoms with Crippen LogP contribution in [0.4, 0.5) is 0 Å². The minimum absolute atomic E-state index is 0.301. The van der Waals surface area contributed by atoms with Crippen molar-refractivity contribution in [3.8, 4) is 0 Å². The largest absolute Gasteiger partial charge is 0.303 e. The van der Waals surface area contributed by atoms with Crippen molar-refractivity contribution in [1.82, 2.24) is 0 Å². The summed E-state index contributed by atoms with van der Waals surface area (Å²) in [4.78, 5) is 20.4. The van der Waals surface area contributed by atoms with Crippen LogP contribution in [-0.4, -0.2) is 12.6 Å². The van der Waals surface area contributed by atoms with E-state index in [1.165, 1.54) is 0 Å². The lowest BCUT2D eigenvalue weighted by atomic mass is 10.2. The first-order valence-electron chi connectivity index (χ1n) is 3.77. The fourth-order valence-corrected chi connectivity index (χ4v) is 1.77. The second kappa shape index (κ2) is 1.91. The molecule has 0 bridgehead atoms. The molecule has 0 saturated heterocycles. The van der Waals surface area contributed by atoms with Crippen molar-refractivity contribution in [1.29, 1.82) is 0 Å². The van der Waals surface area contributed by atoms with E-state index in [4.69, 9.17) is 0 Å². The summed E-state index contributed by atoms with van der Waals surface area (Å²) < 4.78 is 0. The van der Waals surface area contributed by atoms with Crippen LogP contribution in [0.25, 0.3) is 0 Å². The Bertz CT molecular complexity index is 156. The van der Waals surface area contributed by atoms with Crippen molar-refractivity contribution in [2.45, 2.75) is 12.8 Å². The minimum Gasteiger partial charge on any atom is -0.303 e. The van der Waals surface area contributed by atoms with Crippen molar-refractivity contribution >= 4 is 12.6 Å². The summed E-state index contributed by atoms with van der Waals surface area (Å²) in [6.45, 7) is 0. The molecule has 0 aromatic rings. The van der Waals surface area contributed by atoms with Gasteiger partial charge in [-0.15, -0.1) is 0 Å². The van der Waals surface area contributed by atoms with E-state index < -0.39 is 0 Å². The quantitative estimate of drug-likeness (QED) is 0.537. The lowest BCUT2D eigenvalue weighted by molar-refractivity contribution is -0.110. The SMILES string of the molecule is O=C[C@H]1C[C@@H]1[C@H]1C[C@@H]1C=O. The molecule has 0 aromatic heterocycles. The molecular formula is C8H10O2. The minimum atomic E-state index is 0.301. The van der Waals surface area contributed by atoms with Crippen LogP contribution in [-0.2, 0) is 9.59 Å².